The molecule has 6 nitrogen and oxygen atoms in total. The molecule has 0 spiro atoms. The molecule has 0 saturated carbocycles. The Labute approximate surface area is 184 Å². The smallest absolute Gasteiger partial charge is 0.212 e. The van der Waals surface area contributed by atoms with Crippen molar-refractivity contribution in [1.82, 2.24) is 0 Å². The summed E-state index contributed by atoms with van der Waals surface area (Å²) in [5.74, 6) is -38.0. The minimum absolute atomic E-state index is 0.161. The van der Waals surface area contributed by atoms with Gasteiger partial charge in [-0.3, -0.25) is 0 Å². The molecule has 0 aliphatic carbocycles. The van der Waals surface area contributed by atoms with Crippen LogP contribution in [0.25, 0.3) is 0 Å². The molecule has 0 heterocycles. The molecule has 1 aromatic rings. The van der Waals surface area contributed by atoms with E-state index in [1.165, 1.54) is 0 Å². The Bertz CT molecular complexity index is 1060. The van der Waals surface area contributed by atoms with Crippen molar-refractivity contribution >= 4 is 32.0 Å². The molecule has 0 unspecified atom stereocenters. The summed E-state index contributed by atoms with van der Waals surface area (Å²) in [5.41, 5.74) is -2.35. The molecule has 0 amide bonds. The largest absolute Gasteiger partial charge is 0.501 e. The van der Waals surface area contributed by atoms with Gasteiger partial charge in [-0.1, -0.05) is 24.3 Å². The van der Waals surface area contributed by atoms with E-state index in [9.17, 15) is 71.5 Å². The molecular weight excluding hydrogens is 545 g/mol. The number of hydrogen-bond acceptors (Lipinski definition) is 6. The number of alkyl halides is 13. The Morgan fingerprint density at radius 1 is 0.543 bits per heavy atom. The van der Waals surface area contributed by atoms with E-state index < -0.39 is 55.1 Å². The first-order chi connectivity index (χ1) is 15.6. The van der Waals surface area contributed by atoms with Crippen molar-refractivity contribution in [3.8, 4) is 0 Å². The highest BCUT2D eigenvalue weighted by molar-refractivity contribution is 6.88. The molecule has 0 radical (unpaired) electrons. The molecule has 0 atom stereocenters. The molecule has 0 saturated heterocycles. The number of carbonyl (C=O) groups excluding carboxylic acids is 3. The van der Waals surface area contributed by atoms with E-state index in [1.807, 2.05) is 0 Å². The van der Waals surface area contributed by atoms with E-state index in [-0.39, 0.29) is 24.3 Å². The zero-order chi connectivity index (χ0) is 27.7. The third-order valence-electron chi connectivity index (χ3n) is 4.17. The van der Waals surface area contributed by atoms with Gasteiger partial charge in [0.15, 0.2) is 0 Å². The lowest BCUT2D eigenvalue weighted by atomic mass is 9.90. The van der Waals surface area contributed by atoms with Crippen molar-refractivity contribution in [2.45, 2.75) is 35.8 Å². The van der Waals surface area contributed by atoms with Crippen molar-refractivity contribution in [3.05, 3.63) is 29.8 Å². The number of hydrogen-bond donors (Lipinski definition) is 0. The van der Waals surface area contributed by atoms with Gasteiger partial charge in [0, 0.05) is 10.8 Å². The molecule has 0 fully saturated rings. The summed E-state index contributed by atoms with van der Waals surface area (Å²) in [4.78, 5) is 31.5. The van der Waals surface area contributed by atoms with E-state index in [1.54, 1.807) is 0 Å². The van der Waals surface area contributed by atoms with Gasteiger partial charge in [-0.15, -0.1) is 0 Å². The predicted molar refractivity (Wildman–Crippen MR) is 85.9 cm³/mol. The SMILES string of the molecule is O=C=N[Si](N=C=O)(N=C=O)c1ccc(C(F)(F)C(F)(F)C(F)(F)C(F)(F)C(F)(F)C(F)(F)F)cc1. The van der Waals surface area contributed by atoms with Gasteiger partial charge in [-0.25, -0.2) is 14.4 Å². The Balaban J connectivity index is 3.70. The predicted octanol–water partition coefficient (Wildman–Crippen LogP) is 4.04. The molecule has 1 rings (SSSR count). The molecule has 0 bridgehead atoms. The molecule has 0 aliphatic rings. The van der Waals surface area contributed by atoms with E-state index in [0.29, 0.717) is 0 Å². The zero-order valence-electron chi connectivity index (χ0n) is 15.8. The lowest BCUT2D eigenvalue weighted by Gasteiger charge is -2.39. The van der Waals surface area contributed by atoms with Crippen LogP contribution in [-0.4, -0.2) is 56.7 Å². The fraction of sp³-hybridized carbons (Fsp3) is 0.400. The van der Waals surface area contributed by atoms with Crippen LogP contribution in [-0.2, 0) is 20.3 Å². The Morgan fingerprint density at radius 3 is 1.20 bits per heavy atom. The zero-order valence-corrected chi connectivity index (χ0v) is 16.8. The van der Waals surface area contributed by atoms with Crippen LogP contribution in [0.4, 0.5) is 57.1 Å². The van der Waals surface area contributed by atoms with Crippen molar-refractivity contribution in [1.29, 1.82) is 0 Å². The van der Waals surface area contributed by atoms with Crippen molar-refractivity contribution < 1.29 is 71.5 Å². The standard InChI is InChI=1S/C15H4F13N3O3Si/c16-10(17,11(18,19)12(20,21)13(22,23)14(24,25)15(26,27)28)8-1-3-9(4-2-8)35(29-5-32,30-6-33)31-7-34/h1-4H. The maximum absolute atomic E-state index is 14.2. The van der Waals surface area contributed by atoms with Crippen LogP contribution in [0.2, 0.25) is 0 Å². The Kier molecular flexibility index (Phi) is 7.66. The number of benzene rings is 1. The van der Waals surface area contributed by atoms with Crippen LogP contribution in [0.1, 0.15) is 5.56 Å². The first-order valence-electron chi connectivity index (χ1n) is 7.98. The monoisotopic (exact) mass is 549 g/mol. The van der Waals surface area contributed by atoms with Gasteiger partial charge in [-0.05, 0) is 0 Å². The quantitative estimate of drug-likeness (QED) is 0.202. The van der Waals surface area contributed by atoms with Gasteiger partial charge < -0.3 is 0 Å². The minimum atomic E-state index is -8.07. The van der Waals surface area contributed by atoms with Crippen molar-refractivity contribution in [2.75, 3.05) is 0 Å². The summed E-state index contributed by atoms with van der Waals surface area (Å²) in [7, 11) is -4.73. The van der Waals surface area contributed by atoms with Crippen LogP contribution in [0.15, 0.2) is 38.2 Å². The van der Waals surface area contributed by atoms with Crippen LogP contribution in [0.5, 0.6) is 0 Å². The maximum Gasteiger partial charge on any atom is 0.501 e. The number of rotatable bonds is 9. The molecule has 0 aliphatic heterocycles. The van der Waals surface area contributed by atoms with Crippen LogP contribution in [0.3, 0.4) is 0 Å². The molecule has 20 heteroatoms. The fourth-order valence-corrected chi connectivity index (χ4v) is 3.85. The van der Waals surface area contributed by atoms with E-state index >= 15 is 0 Å². The summed E-state index contributed by atoms with van der Waals surface area (Å²) in [5, 5.41) is -0.767. The first kappa shape index (κ1) is 29.7. The molecule has 0 N–H and O–H groups in total. The second-order valence-corrected chi connectivity index (χ2v) is 8.71. The first-order valence-corrected chi connectivity index (χ1v) is 9.82. The highest BCUT2D eigenvalue weighted by Gasteiger charge is 2.90. The van der Waals surface area contributed by atoms with E-state index in [2.05, 4.69) is 14.0 Å². The Hall–Kier alpha value is -3.33. The summed E-state index contributed by atoms with van der Waals surface area (Å²) in [6, 6.07) is -0.229. The average molecular weight is 549 g/mol. The van der Waals surface area contributed by atoms with E-state index in [4.69, 9.17) is 0 Å². The van der Waals surface area contributed by atoms with Crippen molar-refractivity contribution in [2.24, 2.45) is 14.0 Å². The van der Waals surface area contributed by atoms with Gasteiger partial charge in [0.25, 0.3) is 0 Å². The lowest BCUT2D eigenvalue weighted by Crippen LogP contribution is -2.69. The summed E-state index contributed by atoms with van der Waals surface area (Å²) in [6.45, 7) is 0. The highest BCUT2D eigenvalue weighted by Crippen LogP contribution is 2.61. The number of nitrogens with zero attached hydrogens (tertiary/aromatic N) is 3. The van der Waals surface area contributed by atoms with Gasteiger partial charge >= 0.3 is 44.3 Å². The molecule has 35 heavy (non-hydrogen) atoms. The van der Waals surface area contributed by atoms with E-state index in [0.717, 1.165) is 18.2 Å². The van der Waals surface area contributed by atoms with Crippen molar-refractivity contribution in [3.63, 3.8) is 0 Å². The van der Waals surface area contributed by atoms with Gasteiger partial charge in [0.05, 0.1) is 0 Å². The summed E-state index contributed by atoms with van der Waals surface area (Å²) < 4.78 is 181. The topological polar surface area (TPSA) is 88.3 Å². The van der Waals surface area contributed by atoms with Gasteiger partial charge in [0.1, 0.15) is 0 Å². The number of isocyanates is 3. The third kappa shape index (κ3) is 4.40. The summed E-state index contributed by atoms with van der Waals surface area (Å²) in [6.07, 6.45) is -5.18. The maximum atomic E-state index is 14.2. The number of halogens is 13. The molecular formula is C15H4F13N3O3Si. The minimum Gasteiger partial charge on any atom is -0.212 e. The molecule has 0 aromatic heterocycles. The average Bonchev–Trinajstić information content (AvgIpc) is 2.73. The Morgan fingerprint density at radius 2 is 0.886 bits per heavy atom. The normalized spacial score (nSPS) is 15.2. The highest BCUT2D eigenvalue weighted by atomic mass is 28.4. The molecule has 192 valence electrons. The fourth-order valence-electron chi connectivity index (χ4n) is 2.31. The van der Waals surface area contributed by atoms with Crippen LogP contribution in [0, 0.1) is 0 Å². The summed E-state index contributed by atoms with van der Waals surface area (Å²) >= 11 is 0. The second kappa shape index (κ2) is 9.03. The van der Waals surface area contributed by atoms with Crippen LogP contribution >= 0.6 is 0 Å². The van der Waals surface area contributed by atoms with Gasteiger partial charge in [0.2, 0.25) is 18.2 Å². The molecule has 1 aromatic carbocycles. The second-order valence-electron chi connectivity index (χ2n) is 6.19. The van der Waals surface area contributed by atoms with Gasteiger partial charge in [-0.2, -0.15) is 71.0 Å². The van der Waals surface area contributed by atoms with Crippen LogP contribution < -0.4 is 5.19 Å². The lowest BCUT2D eigenvalue weighted by molar-refractivity contribution is -0.441. The third-order valence-corrected chi connectivity index (χ3v) is 6.49.